The van der Waals surface area contributed by atoms with Gasteiger partial charge in [0.25, 0.3) is 0 Å². The van der Waals surface area contributed by atoms with Gasteiger partial charge in [-0.1, -0.05) is 13.0 Å². The Morgan fingerprint density at radius 3 is 3.00 bits per heavy atom. The largest absolute Gasteiger partial charge is 0.387 e. The third-order valence-electron chi connectivity index (χ3n) is 2.96. The third kappa shape index (κ3) is 2.87. The first kappa shape index (κ1) is 12.6. The van der Waals surface area contributed by atoms with E-state index in [9.17, 15) is 0 Å². The van der Waals surface area contributed by atoms with Crippen LogP contribution in [0.5, 0.6) is 0 Å². The molecule has 18 heavy (non-hydrogen) atoms. The molecule has 5 heteroatoms. The first-order chi connectivity index (χ1) is 8.56. The summed E-state index contributed by atoms with van der Waals surface area (Å²) >= 11 is 0. The quantitative estimate of drug-likeness (QED) is 0.617. The maximum absolute atomic E-state index is 7.39. The Balaban J connectivity index is 2.02. The van der Waals surface area contributed by atoms with E-state index in [-0.39, 0.29) is 11.8 Å². The van der Waals surface area contributed by atoms with Crippen LogP contribution in [0.4, 0.5) is 0 Å². The van der Waals surface area contributed by atoms with Crippen LogP contribution in [-0.4, -0.2) is 33.7 Å². The van der Waals surface area contributed by atoms with Gasteiger partial charge >= 0.3 is 0 Å². The molecule has 0 fully saturated rings. The molecule has 2 heterocycles. The van der Waals surface area contributed by atoms with E-state index in [1.54, 1.807) is 0 Å². The summed E-state index contributed by atoms with van der Waals surface area (Å²) in [6.07, 6.45) is 4.02. The molecule has 0 amide bonds. The predicted molar refractivity (Wildman–Crippen MR) is 72.6 cm³/mol. The number of rotatable bonds is 5. The van der Waals surface area contributed by atoms with Gasteiger partial charge in [0, 0.05) is 31.4 Å². The van der Waals surface area contributed by atoms with Crippen LogP contribution in [0.2, 0.25) is 0 Å². The summed E-state index contributed by atoms with van der Waals surface area (Å²) in [7, 11) is 2.02. The molecule has 2 aromatic rings. The lowest BCUT2D eigenvalue weighted by Crippen LogP contribution is -2.31. The van der Waals surface area contributed by atoms with Crippen LogP contribution in [0, 0.1) is 11.3 Å². The summed E-state index contributed by atoms with van der Waals surface area (Å²) in [6, 6.07) is 5.95. The van der Waals surface area contributed by atoms with Crippen LogP contribution in [0.3, 0.4) is 0 Å². The van der Waals surface area contributed by atoms with Crippen LogP contribution in [-0.2, 0) is 6.54 Å². The smallest absolute Gasteiger partial charge is 0.137 e. The van der Waals surface area contributed by atoms with Gasteiger partial charge in [-0.3, -0.25) is 10.3 Å². The lowest BCUT2D eigenvalue weighted by atomic mass is 10.1. The van der Waals surface area contributed by atoms with E-state index in [1.807, 2.05) is 49.0 Å². The first-order valence-electron chi connectivity index (χ1n) is 6.01. The van der Waals surface area contributed by atoms with Crippen LogP contribution in [0.25, 0.3) is 5.65 Å². The van der Waals surface area contributed by atoms with Gasteiger partial charge in [-0.2, -0.15) is 0 Å². The molecule has 2 rings (SSSR count). The van der Waals surface area contributed by atoms with Crippen LogP contribution in [0.1, 0.15) is 12.6 Å². The van der Waals surface area contributed by atoms with Gasteiger partial charge in [0.1, 0.15) is 5.65 Å². The Morgan fingerprint density at radius 1 is 1.56 bits per heavy atom. The summed E-state index contributed by atoms with van der Waals surface area (Å²) in [4.78, 5) is 6.67. The zero-order valence-corrected chi connectivity index (χ0v) is 10.8. The Hall–Kier alpha value is -1.88. The van der Waals surface area contributed by atoms with Crippen LogP contribution >= 0.6 is 0 Å². The molecule has 96 valence electrons. The van der Waals surface area contributed by atoms with Crippen molar-refractivity contribution in [2.75, 3.05) is 13.6 Å². The van der Waals surface area contributed by atoms with Crippen LogP contribution < -0.4 is 5.73 Å². The number of pyridine rings is 1. The van der Waals surface area contributed by atoms with E-state index in [0.717, 1.165) is 24.4 Å². The topological polar surface area (TPSA) is 70.4 Å². The molecule has 2 aromatic heterocycles. The van der Waals surface area contributed by atoms with E-state index >= 15 is 0 Å². The van der Waals surface area contributed by atoms with Gasteiger partial charge in [0.2, 0.25) is 0 Å². The van der Waals surface area contributed by atoms with Crippen molar-refractivity contribution in [3.63, 3.8) is 0 Å². The summed E-state index contributed by atoms with van der Waals surface area (Å²) in [5, 5.41) is 7.39. The number of imidazole rings is 1. The lowest BCUT2D eigenvalue weighted by Gasteiger charge is -2.19. The average molecular weight is 245 g/mol. The summed E-state index contributed by atoms with van der Waals surface area (Å²) in [5.41, 5.74) is 7.46. The second-order valence-corrected chi connectivity index (χ2v) is 4.75. The van der Waals surface area contributed by atoms with Crippen molar-refractivity contribution in [2.45, 2.75) is 13.5 Å². The van der Waals surface area contributed by atoms with Crippen molar-refractivity contribution in [2.24, 2.45) is 11.7 Å². The molecule has 5 nitrogen and oxygen atoms in total. The molecule has 0 aromatic carbocycles. The Morgan fingerprint density at radius 2 is 2.33 bits per heavy atom. The number of nitrogens with zero attached hydrogens (tertiary/aromatic N) is 3. The molecular weight excluding hydrogens is 226 g/mol. The molecule has 0 aliphatic heterocycles. The number of nitrogens with two attached hydrogens (primary N) is 1. The van der Waals surface area contributed by atoms with Gasteiger partial charge in [0.05, 0.1) is 11.5 Å². The molecule has 0 saturated carbocycles. The number of hydrogen-bond donors (Lipinski definition) is 2. The Bertz CT molecular complexity index is 512. The van der Waals surface area contributed by atoms with Crippen molar-refractivity contribution in [3.8, 4) is 0 Å². The molecule has 1 unspecified atom stereocenters. The summed E-state index contributed by atoms with van der Waals surface area (Å²) in [5.74, 6) is 0.309. The number of fused-ring (bicyclic) bond motifs is 1. The molecule has 0 bridgehead atoms. The summed E-state index contributed by atoms with van der Waals surface area (Å²) in [6.45, 7) is 3.49. The SMILES string of the molecule is CC(CN(C)Cc1cn2ccccc2n1)C(=N)N. The molecular formula is C13H19N5. The fourth-order valence-electron chi connectivity index (χ4n) is 1.97. The highest BCUT2D eigenvalue weighted by molar-refractivity contribution is 5.79. The number of nitrogens with one attached hydrogen (secondary N) is 1. The van der Waals surface area contributed by atoms with Crippen molar-refractivity contribution in [1.29, 1.82) is 5.41 Å². The normalized spacial score (nSPS) is 13.1. The predicted octanol–water partition coefficient (Wildman–Crippen LogP) is 1.34. The van der Waals surface area contributed by atoms with E-state index in [4.69, 9.17) is 11.1 Å². The molecule has 0 aliphatic rings. The van der Waals surface area contributed by atoms with Crippen molar-refractivity contribution in [1.82, 2.24) is 14.3 Å². The zero-order chi connectivity index (χ0) is 13.1. The third-order valence-corrected chi connectivity index (χ3v) is 2.96. The first-order valence-corrected chi connectivity index (χ1v) is 6.01. The highest BCUT2D eigenvalue weighted by Gasteiger charge is 2.10. The number of aromatic nitrogens is 2. The van der Waals surface area contributed by atoms with E-state index in [0.29, 0.717) is 0 Å². The van der Waals surface area contributed by atoms with Gasteiger partial charge in [-0.15, -0.1) is 0 Å². The van der Waals surface area contributed by atoms with Crippen molar-refractivity contribution >= 4 is 11.5 Å². The molecule has 0 aliphatic carbocycles. The van der Waals surface area contributed by atoms with E-state index in [2.05, 4.69) is 9.88 Å². The fourth-order valence-corrected chi connectivity index (χ4v) is 1.97. The second kappa shape index (κ2) is 5.18. The molecule has 1 atom stereocenters. The average Bonchev–Trinajstić information content (AvgIpc) is 2.70. The highest BCUT2D eigenvalue weighted by Crippen LogP contribution is 2.07. The summed E-state index contributed by atoms with van der Waals surface area (Å²) < 4.78 is 2.01. The van der Waals surface area contributed by atoms with E-state index in [1.165, 1.54) is 0 Å². The molecule has 0 radical (unpaired) electrons. The van der Waals surface area contributed by atoms with Gasteiger partial charge in [-0.25, -0.2) is 4.98 Å². The Labute approximate surface area is 107 Å². The van der Waals surface area contributed by atoms with Gasteiger partial charge in [0.15, 0.2) is 0 Å². The standard InChI is InChI=1S/C13H19N5/c1-10(13(14)15)7-17(2)8-11-9-18-6-4-3-5-12(18)16-11/h3-6,9-10H,7-8H2,1-2H3,(H3,14,15). The number of hydrogen-bond acceptors (Lipinski definition) is 3. The van der Waals surface area contributed by atoms with Crippen LogP contribution in [0.15, 0.2) is 30.6 Å². The second-order valence-electron chi connectivity index (χ2n) is 4.75. The minimum atomic E-state index is 0.0760. The minimum absolute atomic E-state index is 0.0760. The maximum Gasteiger partial charge on any atom is 0.137 e. The maximum atomic E-state index is 7.39. The van der Waals surface area contributed by atoms with Gasteiger partial charge in [-0.05, 0) is 19.2 Å². The number of amidine groups is 1. The molecule has 0 spiro atoms. The zero-order valence-electron chi connectivity index (χ0n) is 10.8. The lowest BCUT2D eigenvalue weighted by molar-refractivity contribution is 0.303. The molecule has 0 saturated heterocycles. The monoisotopic (exact) mass is 245 g/mol. The Kier molecular flexibility index (Phi) is 3.62. The van der Waals surface area contributed by atoms with Crippen molar-refractivity contribution < 1.29 is 0 Å². The van der Waals surface area contributed by atoms with Gasteiger partial charge < -0.3 is 10.1 Å². The molecule has 3 N–H and O–H groups in total. The minimum Gasteiger partial charge on any atom is -0.387 e. The fraction of sp³-hybridized carbons (Fsp3) is 0.385. The van der Waals surface area contributed by atoms with Crippen molar-refractivity contribution in [3.05, 3.63) is 36.3 Å². The van der Waals surface area contributed by atoms with E-state index < -0.39 is 0 Å². The highest BCUT2D eigenvalue weighted by atomic mass is 15.1.